The normalized spacial score (nSPS) is 12.1. The number of ether oxygens (including phenoxy) is 1. The van der Waals surface area contributed by atoms with Crippen molar-refractivity contribution in [2.75, 3.05) is 19.7 Å². The highest BCUT2D eigenvalue weighted by Crippen LogP contribution is 2.08. The van der Waals surface area contributed by atoms with Gasteiger partial charge in [0.05, 0.1) is 0 Å². The van der Waals surface area contributed by atoms with Crippen molar-refractivity contribution in [3.8, 4) is 5.75 Å². The third kappa shape index (κ3) is 5.20. The Morgan fingerprint density at radius 3 is 2.80 bits per heavy atom. The van der Waals surface area contributed by atoms with Crippen molar-refractivity contribution in [2.24, 2.45) is 0 Å². The minimum absolute atomic E-state index is 0.300. The molecule has 1 unspecified atom stereocenters. The van der Waals surface area contributed by atoms with Crippen molar-refractivity contribution in [1.82, 2.24) is 5.32 Å². The summed E-state index contributed by atoms with van der Waals surface area (Å²) in [5.41, 5.74) is 0. The van der Waals surface area contributed by atoms with E-state index < -0.39 is 6.10 Å². The van der Waals surface area contributed by atoms with Crippen LogP contribution in [0.2, 0.25) is 0 Å². The van der Waals surface area contributed by atoms with E-state index in [0.717, 1.165) is 5.75 Å². The van der Waals surface area contributed by atoms with E-state index >= 15 is 0 Å². The molecule has 0 heterocycles. The summed E-state index contributed by atoms with van der Waals surface area (Å²) in [7, 11) is 0. The monoisotopic (exact) mass is 207 g/mol. The van der Waals surface area contributed by atoms with Gasteiger partial charge in [-0.25, -0.2) is 0 Å². The van der Waals surface area contributed by atoms with Gasteiger partial charge in [0.15, 0.2) is 0 Å². The minimum atomic E-state index is -0.495. The number of hydrogen-bond donors (Lipinski definition) is 2. The lowest BCUT2D eigenvalue weighted by Gasteiger charge is -2.12. The number of hydrogen-bond acceptors (Lipinski definition) is 3. The zero-order valence-electron chi connectivity index (χ0n) is 8.73. The van der Waals surface area contributed by atoms with Crippen molar-refractivity contribution >= 4 is 0 Å². The molecule has 15 heavy (non-hydrogen) atoms. The predicted octanol–water partition coefficient (Wildman–Crippen LogP) is 1.20. The number of para-hydroxylation sites is 1. The van der Waals surface area contributed by atoms with Gasteiger partial charge in [-0.05, 0) is 12.1 Å². The highest BCUT2D eigenvalue weighted by Gasteiger charge is 2.03. The van der Waals surface area contributed by atoms with E-state index in [1.807, 2.05) is 30.3 Å². The molecule has 2 N–H and O–H groups in total. The highest BCUT2D eigenvalue weighted by atomic mass is 16.5. The van der Waals surface area contributed by atoms with Crippen LogP contribution in [0.3, 0.4) is 0 Å². The zero-order chi connectivity index (χ0) is 10.9. The van der Waals surface area contributed by atoms with Gasteiger partial charge in [0, 0.05) is 13.1 Å². The average Bonchev–Trinajstić information content (AvgIpc) is 2.28. The first-order valence-corrected chi connectivity index (χ1v) is 5.00. The second kappa shape index (κ2) is 7.04. The van der Waals surface area contributed by atoms with E-state index in [1.165, 1.54) is 0 Å². The first-order chi connectivity index (χ1) is 7.33. The fraction of sp³-hybridized carbons (Fsp3) is 0.333. The molecule has 0 radical (unpaired) electrons. The first-order valence-electron chi connectivity index (χ1n) is 5.00. The summed E-state index contributed by atoms with van der Waals surface area (Å²) in [6.07, 6.45) is 1.26. The van der Waals surface area contributed by atoms with Crippen molar-refractivity contribution < 1.29 is 9.84 Å². The molecule has 3 nitrogen and oxygen atoms in total. The summed E-state index contributed by atoms with van der Waals surface area (Å²) < 4.78 is 5.38. The standard InChI is InChI=1S/C12H17NO2/c1-2-8-13-9-11(14)10-15-12-6-4-3-5-7-12/h2-7,11,13-14H,1,8-10H2. The molecular formula is C12H17NO2. The Morgan fingerprint density at radius 1 is 1.40 bits per heavy atom. The molecule has 0 fully saturated rings. The van der Waals surface area contributed by atoms with E-state index in [4.69, 9.17) is 4.74 Å². The van der Waals surface area contributed by atoms with Crippen LogP contribution in [0, 0.1) is 0 Å². The third-order valence-corrected chi connectivity index (χ3v) is 1.85. The highest BCUT2D eigenvalue weighted by molar-refractivity contribution is 5.20. The van der Waals surface area contributed by atoms with Gasteiger partial charge in [-0.3, -0.25) is 0 Å². The molecule has 82 valence electrons. The number of rotatable bonds is 7. The Labute approximate surface area is 90.4 Å². The van der Waals surface area contributed by atoms with Crippen molar-refractivity contribution in [1.29, 1.82) is 0 Å². The number of nitrogens with one attached hydrogen (secondary N) is 1. The summed E-state index contributed by atoms with van der Waals surface area (Å²) in [5.74, 6) is 0.778. The molecule has 0 saturated carbocycles. The third-order valence-electron chi connectivity index (χ3n) is 1.85. The first kappa shape index (κ1) is 11.8. The summed E-state index contributed by atoms with van der Waals surface area (Å²) in [6, 6.07) is 9.46. The van der Waals surface area contributed by atoms with Crippen LogP contribution in [0.4, 0.5) is 0 Å². The molecule has 1 aromatic rings. The fourth-order valence-corrected chi connectivity index (χ4v) is 1.12. The average molecular weight is 207 g/mol. The van der Waals surface area contributed by atoms with Crippen molar-refractivity contribution in [2.45, 2.75) is 6.10 Å². The van der Waals surface area contributed by atoms with Crippen LogP contribution >= 0.6 is 0 Å². The van der Waals surface area contributed by atoms with Crippen LogP contribution in [-0.2, 0) is 0 Å². The smallest absolute Gasteiger partial charge is 0.119 e. The molecule has 1 rings (SSSR count). The van der Waals surface area contributed by atoms with Crippen molar-refractivity contribution in [3.05, 3.63) is 43.0 Å². The molecule has 0 saturated heterocycles. The second-order valence-corrected chi connectivity index (χ2v) is 3.22. The number of benzene rings is 1. The van der Waals surface area contributed by atoms with E-state index in [2.05, 4.69) is 11.9 Å². The van der Waals surface area contributed by atoms with Gasteiger partial charge in [0.2, 0.25) is 0 Å². The molecule has 0 aliphatic rings. The largest absolute Gasteiger partial charge is 0.491 e. The maximum atomic E-state index is 9.52. The molecule has 0 aliphatic carbocycles. The summed E-state index contributed by atoms with van der Waals surface area (Å²) >= 11 is 0. The Morgan fingerprint density at radius 2 is 2.13 bits per heavy atom. The molecule has 0 aromatic heterocycles. The van der Waals surface area contributed by atoms with Gasteiger partial charge in [0.1, 0.15) is 18.5 Å². The molecule has 0 aliphatic heterocycles. The summed E-state index contributed by atoms with van der Waals surface area (Å²) in [5, 5.41) is 12.5. The molecule has 1 atom stereocenters. The van der Waals surface area contributed by atoms with Crippen molar-refractivity contribution in [3.63, 3.8) is 0 Å². The topological polar surface area (TPSA) is 41.5 Å². The van der Waals surface area contributed by atoms with E-state index in [9.17, 15) is 5.11 Å². The lowest BCUT2D eigenvalue weighted by molar-refractivity contribution is 0.107. The van der Waals surface area contributed by atoms with Gasteiger partial charge < -0.3 is 15.2 Å². The Bertz CT molecular complexity index is 274. The van der Waals surface area contributed by atoms with Gasteiger partial charge >= 0.3 is 0 Å². The Balaban J connectivity index is 2.16. The Hall–Kier alpha value is -1.32. The maximum Gasteiger partial charge on any atom is 0.119 e. The van der Waals surface area contributed by atoms with Crippen LogP contribution in [0.5, 0.6) is 5.75 Å². The van der Waals surface area contributed by atoms with Gasteiger partial charge in [0.25, 0.3) is 0 Å². The fourth-order valence-electron chi connectivity index (χ4n) is 1.12. The number of aliphatic hydroxyl groups is 1. The zero-order valence-corrected chi connectivity index (χ0v) is 8.73. The molecule has 1 aromatic carbocycles. The molecule has 0 amide bonds. The predicted molar refractivity (Wildman–Crippen MR) is 61.0 cm³/mol. The SMILES string of the molecule is C=CCNCC(O)COc1ccccc1. The lowest BCUT2D eigenvalue weighted by Crippen LogP contribution is -2.31. The van der Waals surface area contributed by atoms with E-state index in [1.54, 1.807) is 6.08 Å². The molecule has 0 bridgehead atoms. The van der Waals surface area contributed by atoms with E-state index in [0.29, 0.717) is 19.7 Å². The molecular weight excluding hydrogens is 190 g/mol. The summed E-state index contributed by atoms with van der Waals surface area (Å²) in [6.45, 7) is 5.09. The van der Waals surface area contributed by atoms with Crippen LogP contribution in [-0.4, -0.2) is 30.9 Å². The Kier molecular flexibility index (Phi) is 5.51. The molecule has 0 spiro atoms. The van der Waals surface area contributed by atoms with Crippen LogP contribution in [0.15, 0.2) is 43.0 Å². The maximum absolute atomic E-state index is 9.52. The second-order valence-electron chi connectivity index (χ2n) is 3.22. The molecule has 3 heteroatoms. The van der Waals surface area contributed by atoms with Crippen LogP contribution in [0.1, 0.15) is 0 Å². The quantitative estimate of drug-likeness (QED) is 0.521. The van der Waals surface area contributed by atoms with Gasteiger partial charge in [-0.2, -0.15) is 0 Å². The van der Waals surface area contributed by atoms with Crippen LogP contribution < -0.4 is 10.1 Å². The summed E-state index contributed by atoms with van der Waals surface area (Å²) in [4.78, 5) is 0. The van der Waals surface area contributed by atoms with Crippen LogP contribution in [0.25, 0.3) is 0 Å². The number of aliphatic hydroxyl groups excluding tert-OH is 1. The van der Waals surface area contributed by atoms with Gasteiger partial charge in [-0.15, -0.1) is 6.58 Å². The lowest BCUT2D eigenvalue weighted by atomic mass is 10.3. The van der Waals surface area contributed by atoms with Gasteiger partial charge in [-0.1, -0.05) is 24.3 Å². The minimum Gasteiger partial charge on any atom is -0.491 e. The van der Waals surface area contributed by atoms with E-state index in [-0.39, 0.29) is 0 Å².